The van der Waals surface area contributed by atoms with Crippen molar-refractivity contribution in [3.63, 3.8) is 0 Å². The number of halogens is 1. The van der Waals surface area contributed by atoms with Gasteiger partial charge >= 0.3 is 5.97 Å². The van der Waals surface area contributed by atoms with Gasteiger partial charge in [-0.2, -0.15) is 4.31 Å². The molecule has 1 saturated carbocycles. The van der Waals surface area contributed by atoms with Crippen molar-refractivity contribution in [2.45, 2.75) is 36.6 Å². The van der Waals surface area contributed by atoms with Gasteiger partial charge in [0.2, 0.25) is 15.9 Å². The summed E-state index contributed by atoms with van der Waals surface area (Å²) in [4.78, 5) is 25.1. The van der Waals surface area contributed by atoms with Crippen LogP contribution in [-0.2, 0) is 19.6 Å². The van der Waals surface area contributed by atoms with Crippen LogP contribution in [0.25, 0.3) is 0 Å². The van der Waals surface area contributed by atoms with Gasteiger partial charge in [-0.25, -0.2) is 12.8 Å². The highest BCUT2D eigenvalue weighted by Gasteiger charge is 2.40. The summed E-state index contributed by atoms with van der Waals surface area (Å²) < 4.78 is 39.8. The van der Waals surface area contributed by atoms with Crippen molar-refractivity contribution < 1.29 is 27.5 Å². The van der Waals surface area contributed by atoms with E-state index < -0.39 is 27.7 Å². The number of carboxylic acids is 1. The highest BCUT2D eigenvalue weighted by Crippen LogP contribution is 2.31. The fourth-order valence-electron chi connectivity index (χ4n) is 3.27. The molecular formula is C17H21FN2O5S. The van der Waals surface area contributed by atoms with Crippen LogP contribution in [0.4, 0.5) is 4.39 Å². The van der Waals surface area contributed by atoms with E-state index in [1.54, 1.807) is 0 Å². The van der Waals surface area contributed by atoms with Crippen LogP contribution in [0.15, 0.2) is 29.2 Å². The van der Waals surface area contributed by atoms with E-state index in [1.165, 1.54) is 21.3 Å². The number of piperidine rings is 1. The van der Waals surface area contributed by atoms with E-state index in [1.807, 2.05) is 0 Å². The number of hydrogen-bond acceptors (Lipinski definition) is 4. The Hall–Kier alpha value is -2.00. The zero-order chi connectivity index (χ0) is 18.9. The van der Waals surface area contributed by atoms with E-state index in [2.05, 4.69) is 0 Å². The van der Waals surface area contributed by atoms with E-state index in [0.717, 1.165) is 25.0 Å². The van der Waals surface area contributed by atoms with Crippen molar-refractivity contribution >= 4 is 21.9 Å². The van der Waals surface area contributed by atoms with E-state index in [4.69, 9.17) is 5.11 Å². The number of benzene rings is 1. The van der Waals surface area contributed by atoms with Gasteiger partial charge in [0.25, 0.3) is 0 Å². The number of aliphatic carboxylic acids is 1. The van der Waals surface area contributed by atoms with Crippen LogP contribution in [0, 0.1) is 11.7 Å². The zero-order valence-corrected chi connectivity index (χ0v) is 15.0. The lowest BCUT2D eigenvalue weighted by molar-refractivity contribution is -0.147. The minimum atomic E-state index is -3.82. The molecule has 2 fully saturated rings. The van der Waals surface area contributed by atoms with E-state index in [0.29, 0.717) is 12.8 Å². The molecule has 9 heteroatoms. The number of rotatable bonds is 6. The zero-order valence-electron chi connectivity index (χ0n) is 14.2. The van der Waals surface area contributed by atoms with E-state index >= 15 is 0 Å². The predicted molar refractivity (Wildman–Crippen MR) is 90.3 cm³/mol. The molecule has 2 aliphatic rings. The molecule has 1 N–H and O–H groups in total. The number of carboxylic acid groups (broad SMARTS) is 1. The standard InChI is InChI=1S/C17H21FN2O5S/c18-13-3-7-15(8-4-13)26(24,25)19-9-1-2-12(10-19)17(23)20(11-16(21)22)14-5-6-14/h3-4,7-8,12,14H,1-2,5-6,9-11H2,(H,21,22). The van der Waals surface area contributed by atoms with Gasteiger partial charge in [-0.3, -0.25) is 9.59 Å². The normalized spacial score (nSPS) is 21.3. The summed E-state index contributed by atoms with van der Waals surface area (Å²) >= 11 is 0. The third kappa shape index (κ3) is 4.04. The van der Waals surface area contributed by atoms with Gasteiger partial charge in [0.1, 0.15) is 12.4 Å². The molecule has 0 spiro atoms. The lowest BCUT2D eigenvalue weighted by Gasteiger charge is -2.34. The Labute approximate surface area is 151 Å². The first-order valence-corrected chi connectivity index (χ1v) is 10.0. The molecular weight excluding hydrogens is 363 g/mol. The Bertz CT molecular complexity index is 792. The molecule has 1 amide bonds. The molecule has 26 heavy (non-hydrogen) atoms. The molecule has 3 rings (SSSR count). The van der Waals surface area contributed by atoms with Crippen molar-refractivity contribution in [2.75, 3.05) is 19.6 Å². The summed E-state index contributed by atoms with van der Waals surface area (Å²) in [6.45, 7) is -0.0576. The van der Waals surface area contributed by atoms with Gasteiger partial charge in [0.05, 0.1) is 10.8 Å². The molecule has 0 bridgehead atoms. The third-order valence-electron chi connectivity index (χ3n) is 4.76. The summed E-state index contributed by atoms with van der Waals surface area (Å²) in [5, 5.41) is 9.03. The first-order valence-electron chi connectivity index (χ1n) is 8.57. The average molecular weight is 384 g/mol. The Balaban J connectivity index is 1.75. The maximum Gasteiger partial charge on any atom is 0.323 e. The van der Waals surface area contributed by atoms with Crippen molar-refractivity contribution in [2.24, 2.45) is 5.92 Å². The molecule has 0 radical (unpaired) electrons. The number of amides is 1. The maximum absolute atomic E-state index is 13.1. The number of hydrogen-bond donors (Lipinski definition) is 1. The topological polar surface area (TPSA) is 95.0 Å². The van der Waals surface area contributed by atoms with Crippen LogP contribution >= 0.6 is 0 Å². The number of carbonyl (C=O) groups excluding carboxylic acids is 1. The van der Waals surface area contributed by atoms with E-state index in [9.17, 15) is 22.4 Å². The fourth-order valence-corrected chi connectivity index (χ4v) is 4.80. The van der Waals surface area contributed by atoms with Gasteiger partial charge in [-0.1, -0.05) is 0 Å². The summed E-state index contributed by atoms with van der Waals surface area (Å²) in [7, 11) is -3.82. The molecule has 1 atom stereocenters. The van der Waals surface area contributed by atoms with E-state index in [-0.39, 0.29) is 36.5 Å². The molecule has 1 aromatic rings. The van der Waals surface area contributed by atoms with Crippen molar-refractivity contribution in [1.29, 1.82) is 0 Å². The Morgan fingerprint density at radius 1 is 1.19 bits per heavy atom. The van der Waals surface area contributed by atoms with Crippen LogP contribution in [0.1, 0.15) is 25.7 Å². The van der Waals surface area contributed by atoms with Crippen molar-refractivity contribution in [3.05, 3.63) is 30.1 Å². The highest BCUT2D eigenvalue weighted by molar-refractivity contribution is 7.89. The summed E-state index contributed by atoms with van der Waals surface area (Å²) in [5.41, 5.74) is 0. The maximum atomic E-state index is 13.1. The second kappa shape index (κ2) is 7.32. The number of sulfonamides is 1. The third-order valence-corrected chi connectivity index (χ3v) is 6.64. The van der Waals surface area contributed by atoms with Crippen LogP contribution in [0.3, 0.4) is 0 Å². The van der Waals surface area contributed by atoms with Crippen LogP contribution < -0.4 is 0 Å². The molecule has 1 aliphatic carbocycles. The first-order chi connectivity index (χ1) is 12.3. The molecule has 142 valence electrons. The molecule has 7 nitrogen and oxygen atoms in total. The molecule has 1 saturated heterocycles. The lowest BCUT2D eigenvalue weighted by atomic mass is 9.98. The van der Waals surface area contributed by atoms with Crippen molar-refractivity contribution in [3.8, 4) is 0 Å². The average Bonchev–Trinajstić information content (AvgIpc) is 3.44. The van der Waals surface area contributed by atoms with Gasteiger partial charge < -0.3 is 10.0 Å². The highest BCUT2D eigenvalue weighted by atomic mass is 32.2. The van der Waals surface area contributed by atoms with Gasteiger partial charge in [-0.05, 0) is 49.9 Å². The first kappa shape index (κ1) is 18.8. The molecule has 1 heterocycles. The Morgan fingerprint density at radius 2 is 1.85 bits per heavy atom. The van der Waals surface area contributed by atoms with Gasteiger partial charge in [0.15, 0.2) is 0 Å². The smallest absolute Gasteiger partial charge is 0.323 e. The van der Waals surface area contributed by atoms with Crippen molar-refractivity contribution in [1.82, 2.24) is 9.21 Å². The van der Waals surface area contributed by atoms with Crippen LogP contribution in [0.2, 0.25) is 0 Å². The van der Waals surface area contributed by atoms with Gasteiger partial charge in [-0.15, -0.1) is 0 Å². The van der Waals surface area contributed by atoms with Crippen LogP contribution in [0.5, 0.6) is 0 Å². The summed E-state index contributed by atoms with van der Waals surface area (Å²) in [6.07, 6.45) is 2.60. The van der Waals surface area contributed by atoms with Crippen LogP contribution in [-0.4, -0.2) is 60.3 Å². The second-order valence-electron chi connectivity index (χ2n) is 6.75. The number of nitrogens with zero attached hydrogens (tertiary/aromatic N) is 2. The Kier molecular flexibility index (Phi) is 5.29. The Morgan fingerprint density at radius 3 is 2.42 bits per heavy atom. The largest absolute Gasteiger partial charge is 0.480 e. The quantitative estimate of drug-likeness (QED) is 0.798. The summed E-state index contributed by atoms with van der Waals surface area (Å²) in [6, 6.07) is 4.53. The molecule has 0 aromatic heterocycles. The SMILES string of the molecule is O=C(O)CN(C(=O)C1CCCN(S(=O)(=O)c2ccc(F)cc2)C1)C1CC1. The molecule has 1 aliphatic heterocycles. The molecule has 1 aromatic carbocycles. The summed E-state index contributed by atoms with van der Waals surface area (Å²) in [5.74, 6) is -2.45. The minimum Gasteiger partial charge on any atom is -0.480 e. The second-order valence-corrected chi connectivity index (χ2v) is 8.69. The molecule has 1 unspecified atom stereocenters. The predicted octanol–water partition coefficient (Wildman–Crippen LogP) is 1.30. The monoisotopic (exact) mass is 384 g/mol. The minimum absolute atomic E-state index is 0.0153. The lowest BCUT2D eigenvalue weighted by Crippen LogP contribution is -2.48. The number of carbonyl (C=O) groups is 2. The fraction of sp³-hybridized carbons (Fsp3) is 0.529. The van der Waals surface area contributed by atoms with Gasteiger partial charge in [0, 0.05) is 19.1 Å².